The molecule has 1 aliphatic rings. The lowest BCUT2D eigenvalue weighted by molar-refractivity contribution is -0.384. The summed E-state index contributed by atoms with van der Waals surface area (Å²) in [6.07, 6.45) is 3.87. The van der Waals surface area contributed by atoms with E-state index in [9.17, 15) is 14.9 Å². The fraction of sp³-hybridized carbons (Fsp3) is 0.500. The van der Waals surface area contributed by atoms with Crippen LogP contribution >= 0.6 is 11.6 Å². The smallest absolute Gasteiger partial charge is 0.270 e. The molecule has 1 aromatic rings. The fourth-order valence-electron chi connectivity index (χ4n) is 2.50. The minimum absolute atomic E-state index is 0.0579. The summed E-state index contributed by atoms with van der Waals surface area (Å²) < 4.78 is 0. The maximum absolute atomic E-state index is 12.2. The Labute approximate surface area is 122 Å². The number of nitro groups is 1. The predicted octanol–water partition coefficient (Wildman–Crippen LogP) is 3.18. The first-order chi connectivity index (χ1) is 9.47. The third kappa shape index (κ3) is 3.48. The molecule has 20 heavy (non-hydrogen) atoms. The molecule has 0 aliphatic heterocycles. The van der Waals surface area contributed by atoms with Crippen molar-refractivity contribution in [3.05, 3.63) is 39.4 Å². The van der Waals surface area contributed by atoms with Crippen molar-refractivity contribution in [3.8, 4) is 0 Å². The van der Waals surface area contributed by atoms with Gasteiger partial charge in [0.2, 0.25) is 0 Å². The van der Waals surface area contributed by atoms with Crippen LogP contribution in [-0.2, 0) is 0 Å². The lowest BCUT2D eigenvalue weighted by Gasteiger charge is -2.27. The van der Waals surface area contributed by atoms with E-state index in [2.05, 4.69) is 5.32 Å². The zero-order valence-corrected chi connectivity index (χ0v) is 12.0. The fourth-order valence-corrected chi connectivity index (χ4v) is 2.84. The largest absolute Gasteiger partial charge is 0.348 e. The molecule has 0 spiro atoms. The molecule has 2 unspecified atom stereocenters. The van der Waals surface area contributed by atoms with Crippen LogP contribution in [0.25, 0.3) is 0 Å². The normalized spacial score (nSPS) is 22.3. The zero-order chi connectivity index (χ0) is 14.7. The monoisotopic (exact) mass is 296 g/mol. The standard InChI is InChI=1S/C14H17ClN2O3/c1-9-6-10(8-11(7-9)17(19)20)14(18)16-13-5-3-2-4-12(13)15/h6-8,12-13H,2-5H2,1H3,(H,16,18). The first-order valence-corrected chi connectivity index (χ1v) is 7.12. The summed E-state index contributed by atoms with van der Waals surface area (Å²) >= 11 is 6.20. The maximum Gasteiger partial charge on any atom is 0.270 e. The van der Waals surface area contributed by atoms with Gasteiger partial charge in [-0.3, -0.25) is 14.9 Å². The number of hydrogen-bond acceptors (Lipinski definition) is 3. The highest BCUT2D eigenvalue weighted by atomic mass is 35.5. The van der Waals surface area contributed by atoms with Gasteiger partial charge >= 0.3 is 0 Å². The van der Waals surface area contributed by atoms with Crippen LogP contribution in [0.2, 0.25) is 0 Å². The molecule has 1 saturated carbocycles. The SMILES string of the molecule is Cc1cc(C(=O)NC2CCCCC2Cl)cc([N+](=O)[O-])c1. The molecule has 0 saturated heterocycles. The van der Waals surface area contributed by atoms with Gasteiger partial charge in [0.1, 0.15) is 0 Å². The van der Waals surface area contributed by atoms with Crippen LogP contribution in [0.5, 0.6) is 0 Å². The molecule has 5 nitrogen and oxygen atoms in total. The van der Waals surface area contributed by atoms with Crippen molar-refractivity contribution in [2.24, 2.45) is 0 Å². The Hall–Kier alpha value is -1.62. The number of nitro benzene ring substituents is 1. The number of non-ortho nitro benzene ring substituents is 1. The van der Waals surface area contributed by atoms with Gasteiger partial charge in [0.15, 0.2) is 0 Å². The summed E-state index contributed by atoms with van der Waals surface area (Å²) in [4.78, 5) is 22.5. The third-order valence-electron chi connectivity index (χ3n) is 3.53. The molecule has 0 heterocycles. The number of benzene rings is 1. The highest BCUT2D eigenvalue weighted by Crippen LogP contribution is 2.24. The van der Waals surface area contributed by atoms with Crippen LogP contribution in [0, 0.1) is 17.0 Å². The van der Waals surface area contributed by atoms with Crippen LogP contribution in [-0.4, -0.2) is 22.2 Å². The summed E-state index contributed by atoms with van der Waals surface area (Å²) in [7, 11) is 0. The number of aryl methyl sites for hydroxylation is 1. The maximum atomic E-state index is 12.2. The molecule has 2 atom stereocenters. The summed E-state index contributed by atoms with van der Waals surface area (Å²) in [5.74, 6) is -0.297. The first-order valence-electron chi connectivity index (χ1n) is 6.68. The van der Waals surface area contributed by atoms with Crippen molar-refractivity contribution in [1.29, 1.82) is 0 Å². The number of rotatable bonds is 3. The molecule has 108 valence electrons. The minimum Gasteiger partial charge on any atom is -0.348 e. The van der Waals surface area contributed by atoms with E-state index in [0.29, 0.717) is 11.1 Å². The van der Waals surface area contributed by atoms with Crippen LogP contribution in [0.3, 0.4) is 0 Å². The molecule has 2 rings (SSSR count). The average molecular weight is 297 g/mol. The van der Waals surface area contributed by atoms with Gasteiger partial charge in [-0.25, -0.2) is 0 Å². The summed E-state index contributed by atoms with van der Waals surface area (Å²) in [6.45, 7) is 1.73. The summed E-state index contributed by atoms with van der Waals surface area (Å²) in [6, 6.07) is 4.34. The number of amides is 1. The predicted molar refractivity (Wildman–Crippen MR) is 77.2 cm³/mol. The lowest BCUT2D eigenvalue weighted by Crippen LogP contribution is -2.42. The Kier molecular flexibility index (Phi) is 4.60. The minimum atomic E-state index is -0.491. The Morgan fingerprint density at radius 2 is 2.05 bits per heavy atom. The summed E-state index contributed by atoms with van der Waals surface area (Å²) in [5, 5.41) is 13.6. The van der Waals surface area contributed by atoms with Crippen molar-refractivity contribution in [2.45, 2.75) is 44.0 Å². The van der Waals surface area contributed by atoms with Crippen LogP contribution in [0.15, 0.2) is 18.2 Å². The highest BCUT2D eigenvalue weighted by Gasteiger charge is 2.25. The van der Waals surface area contributed by atoms with Gasteiger partial charge < -0.3 is 5.32 Å². The number of nitrogens with zero attached hydrogens (tertiary/aromatic N) is 1. The molecular formula is C14H17ClN2O3. The molecule has 1 fully saturated rings. The Balaban J connectivity index is 2.14. The average Bonchev–Trinajstić information content (AvgIpc) is 2.40. The van der Waals surface area contributed by atoms with E-state index < -0.39 is 4.92 Å². The van der Waals surface area contributed by atoms with Gasteiger partial charge in [-0.1, -0.05) is 12.8 Å². The zero-order valence-electron chi connectivity index (χ0n) is 11.3. The second-order valence-corrected chi connectivity index (χ2v) is 5.76. The van der Waals surface area contributed by atoms with Crippen molar-refractivity contribution in [2.75, 3.05) is 0 Å². The molecule has 1 amide bonds. The molecule has 6 heteroatoms. The van der Waals surface area contributed by atoms with E-state index >= 15 is 0 Å². The number of nitrogens with one attached hydrogen (secondary N) is 1. The third-order valence-corrected chi connectivity index (χ3v) is 4.06. The van der Waals surface area contributed by atoms with Crippen LogP contribution in [0.4, 0.5) is 5.69 Å². The molecule has 1 aromatic carbocycles. The van der Waals surface area contributed by atoms with Crippen molar-refractivity contribution < 1.29 is 9.72 Å². The van der Waals surface area contributed by atoms with Crippen molar-refractivity contribution in [1.82, 2.24) is 5.32 Å². The Morgan fingerprint density at radius 3 is 2.70 bits per heavy atom. The second-order valence-electron chi connectivity index (χ2n) is 5.19. The lowest BCUT2D eigenvalue weighted by atomic mass is 9.94. The van der Waals surface area contributed by atoms with Gasteiger partial charge in [0, 0.05) is 23.7 Å². The molecule has 0 bridgehead atoms. The topological polar surface area (TPSA) is 72.2 Å². The first kappa shape index (κ1) is 14.8. The molecule has 1 N–H and O–H groups in total. The highest BCUT2D eigenvalue weighted by molar-refractivity contribution is 6.21. The van der Waals surface area contributed by atoms with E-state index in [1.807, 2.05) is 0 Å². The molecular weight excluding hydrogens is 280 g/mol. The number of carbonyl (C=O) groups excluding carboxylic acids is 1. The number of hydrogen-bond donors (Lipinski definition) is 1. The van der Waals surface area contributed by atoms with Crippen molar-refractivity contribution in [3.63, 3.8) is 0 Å². The van der Waals surface area contributed by atoms with E-state index in [-0.39, 0.29) is 23.0 Å². The van der Waals surface area contributed by atoms with Gasteiger partial charge in [-0.15, -0.1) is 11.6 Å². The van der Waals surface area contributed by atoms with E-state index in [1.165, 1.54) is 12.1 Å². The quantitative estimate of drug-likeness (QED) is 0.529. The van der Waals surface area contributed by atoms with Gasteiger partial charge in [-0.05, 0) is 31.4 Å². The number of alkyl halides is 1. The molecule has 0 aromatic heterocycles. The van der Waals surface area contributed by atoms with Crippen LogP contribution < -0.4 is 5.32 Å². The molecule has 1 aliphatic carbocycles. The van der Waals surface area contributed by atoms with E-state index in [1.54, 1.807) is 13.0 Å². The molecule has 0 radical (unpaired) electrons. The van der Waals surface area contributed by atoms with Gasteiger partial charge in [0.25, 0.3) is 11.6 Å². The number of carbonyl (C=O) groups is 1. The Bertz CT molecular complexity index is 533. The van der Waals surface area contributed by atoms with Gasteiger partial charge in [0.05, 0.1) is 10.3 Å². The summed E-state index contributed by atoms with van der Waals surface area (Å²) in [5.41, 5.74) is 0.933. The van der Waals surface area contributed by atoms with Crippen LogP contribution in [0.1, 0.15) is 41.6 Å². The number of halogens is 1. The van der Waals surface area contributed by atoms with Gasteiger partial charge in [-0.2, -0.15) is 0 Å². The van der Waals surface area contributed by atoms with E-state index in [4.69, 9.17) is 11.6 Å². The second kappa shape index (κ2) is 6.22. The van der Waals surface area contributed by atoms with E-state index in [0.717, 1.165) is 25.7 Å². The van der Waals surface area contributed by atoms with Crippen molar-refractivity contribution >= 4 is 23.2 Å². The Morgan fingerprint density at radius 1 is 1.35 bits per heavy atom.